The predicted octanol–water partition coefficient (Wildman–Crippen LogP) is 2.88. The van der Waals surface area contributed by atoms with Crippen LogP contribution in [0.4, 0.5) is 5.69 Å². The molecule has 0 saturated heterocycles. The summed E-state index contributed by atoms with van der Waals surface area (Å²) in [5, 5.41) is 13.8. The average Bonchev–Trinajstić information content (AvgIpc) is 2.66. The maximum absolute atomic E-state index is 12.4. The highest BCUT2D eigenvalue weighted by molar-refractivity contribution is 9.10. The van der Waals surface area contributed by atoms with Crippen molar-refractivity contribution in [2.24, 2.45) is 0 Å². The van der Waals surface area contributed by atoms with E-state index in [1.807, 2.05) is 0 Å². The van der Waals surface area contributed by atoms with E-state index >= 15 is 0 Å². The monoisotopic (exact) mass is 436 g/mol. The zero-order chi connectivity index (χ0) is 20.0. The molecule has 1 N–H and O–H groups in total. The molecule has 0 heterocycles. The van der Waals surface area contributed by atoms with Crippen LogP contribution in [0.15, 0.2) is 46.9 Å². The van der Waals surface area contributed by atoms with Gasteiger partial charge in [-0.05, 0) is 29.8 Å². The first-order valence-corrected chi connectivity index (χ1v) is 8.60. The lowest BCUT2D eigenvalue weighted by atomic mass is 10.0. The summed E-state index contributed by atoms with van der Waals surface area (Å²) in [5.41, 5.74) is 0.614. The van der Waals surface area contributed by atoms with Gasteiger partial charge in [-0.1, -0.05) is 28.1 Å². The van der Waals surface area contributed by atoms with Crippen molar-refractivity contribution in [2.75, 3.05) is 14.2 Å². The summed E-state index contributed by atoms with van der Waals surface area (Å²) in [4.78, 5) is 35.1. The van der Waals surface area contributed by atoms with E-state index in [-0.39, 0.29) is 17.9 Å². The van der Waals surface area contributed by atoms with Gasteiger partial charge in [0.1, 0.15) is 6.04 Å². The number of hydrogen-bond acceptors (Lipinski definition) is 6. The number of nitro groups is 1. The summed E-state index contributed by atoms with van der Waals surface area (Å²) >= 11 is 3.28. The third kappa shape index (κ3) is 5.27. The minimum absolute atomic E-state index is 0.0251. The van der Waals surface area contributed by atoms with E-state index in [1.165, 1.54) is 26.4 Å². The van der Waals surface area contributed by atoms with Crippen LogP contribution in [-0.4, -0.2) is 37.1 Å². The highest BCUT2D eigenvalue weighted by Gasteiger charge is 2.24. The number of nitro benzene ring substituents is 1. The molecular weight excluding hydrogens is 420 g/mol. The second-order valence-electron chi connectivity index (χ2n) is 5.53. The standard InChI is InChI=1S/C18H17BrN2O6/c1-26-16-7-6-11(9-15(16)21(24)25)8-14(18(23)27-2)20-17(22)12-4-3-5-13(19)10-12/h3-7,9-10,14H,8H2,1-2H3,(H,20,22)/t14-/m0/s1. The first-order chi connectivity index (χ1) is 12.8. The largest absolute Gasteiger partial charge is 0.490 e. The van der Waals surface area contributed by atoms with Crippen molar-refractivity contribution in [2.45, 2.75) is 12.5 Å². The lowest BCUT2D eigenvalue weighted by Gasteiger charge is -2.17. The Hall–Kier alpha value is -2.94. The van der Waals surface area contributed by atoms with Gasteiger partial charge in [-0.25, -0.2) is 4.79 Å². The molecule has 0 aliphatic heterocycles. The Balaban J connectivity index is 2.25. The molecule has 1 atom stereocenters. The Morgan fingerprint density at radius 2 is 1.96 bits per heavy atom. The summed E-state index contributed by atoms with van der Waals surface area (Å²) in [6, 6.07) is 10.0. The van der Waals surface area contributed by atoms with E-state index in [4.69, 9.17) is 9.47 Å². The lowest BCUT2D eigenvalue weighted by Crippen LogP contribution is -2.43. The smallest absolute Gasteiger partial charge is 0.328 e. The maximum Gasteiger partial charge on any atom is 0.328 e. The van der Waals surface area contributed by atoms with Gasteiger partial charge in [0, 0.05) is 22.5 Å². The number of rotatable bonds is 7. The quantitative estimate of drug-likeness (QED) is 0.406. The molecule has 0 spiro atoms. The number of methoxy groups -OCH3 is 2. The van der Waals surface area contributed by atoms with E-state index in [2.05, 4.69) is 21.2 Å². The van der Waals surface area contributed by atoms with Crippen molar-refractivity contribution in [3.63, 3.8) is 0 Å². The normalized spacial score (nSPS) is 11.4. The van der Waals surface area contributed by atoms with Crippen LogP contribution < -0.4 is 10.1 Å². The number of esters is 1. The first-order valence-electron chi connectivity index (χ1n) is 7.81. The Morgan fingerprint density at radius 3 is 2.56 bits per heavy atom. The summed E-state index contributed by atoms with van der Waals surface area (Å²) in [6.07, 6.45) is 0.0251. The molecular formula is C18H17BrN2O6. The fraction of sp³-hybridized carbons (Fsp3) is 0.222. The second-order valence-corrected chi connectivity index (χ2v) is 6.44. The fourth-order valence-electron chi connectivity index (χ4n) is 2.45. The predicted molar refractivity (Wildman–Crippen MR) is 101 cm³/mol. The number of halogens is 1. The van der Waals surface area contributed by atoms with E-state index in [0.717, 1.165) is 4.47 Å². The van der Waals surface area contributed by atoms with Crippen LogP contribution in [0.5, 0.6) is 5.75 Å². The number of ether oxygens (including phenoxy) is 2. The molecule has 142 valence electrons. The van der Waals surface area contributed by atoms with Crippen molar-refractivity contribution >= 4 is 33.5 Å². The van der Waals surface area contributed by atoms with Gasteiger partial charge in [0.15, 0.2) is 5.75 Å². The van der Waals surface area contributed by atoms with Crippen molar-refractivity contribution in [3.8, 4) is 5.75 Å². The Bertz CT molecular complexity index is 871. The average molecular weight is 437 g/mol. The minimum atomic E-state index is -1.01. The molecule has 8 nitrogen and oxygen atoms in total. The maximum atomic E-state index is 12.4. The molecule has 0 aromatic heterocycles. The zero-order valence-corrected chi connectivity index (χ0v) is 16.2. The third-order valence-electron chi connectivity index (χ3n) is 3.76. The molecule has 0 bridgehead atoms. The van der Waals surface area contributed by atoms with E-state index in [0.29, 0.717) is 11.1 Å². The van der Waals surface area contributed by atoms with Gasteiger partial charge in [0.2, 0.25) is 0 Å². The van der Waals surface area contributed by atoms with Crippen molar-refractivity contribution in [1.29, 1.82) is 0 Å². The molecule has 0 aliphatic rings. The van der Waals surface area contributed by atoms with Crippen LogP contribution in [0, 0.1) is 10.1 Å². The molecule has 27 heavy (non-hydrogen) atoms. The molecule has 9 heteroatoms. The topological polar surface area (TPSA) is 108 Å². The van der Waals surface area contributed by atoms with Crippen LogP contribution in [0.3, 0.4) is 0 Å². The van der Waals surface area contributed by atoms with Gasteiger partial charge < -0.3 is 14.8 Å². The van der Waals surface area contributed by atoms with Gasteiger partial charge >= 0.3 is 11.7 Å². The Labute approximate surface area is 163 Å². The third-order valence-corrected chi connectivity index (χ3v) is 4.25. The molecule has 0 aliphatic carbocycles. The minimum Gasteiger partial charge on any atom is -0.490 e. The number of carbonyl (C=O) groups is 2. The number of nitrogens with one attached hydrogen (secondary N) is 1. The number of hydrogen-bond donors (Lipinski definition) is 1. The van der Waals surface area contributed by atoms with Gasteiger partial charge in [0.05, 0.1) is 19.1 Å². The lowest BCUT2D eigenvalue weighted by molar-refractivity contribution is -0.385. The van der Waals surface area contributed by atoms with Crippen LogP contribution in [-0.2, 0) is 16.0 Å². The SMILES string of the molecule is COC(=O)[C@H](Cc1ccc(OC)c([N+](=O)[O-])c1)NC(=O)c1cccc(Br)c1. The van der Waals surface area contributed by atoms with Crippen LogP contribution in [0.1, 0.15) is 15.9 Å². The molecule has 1 amide bonds. The van der Waals surface area contributed by atoms with E-state index in [1.54, 1.807) is 30.3 Å². The van der Waals surface area contributed by atoms with Crippen LogP contribution in [0.2, 0.25) is 0 Å². The van der Waals surface area contributed by atoms with Gasteiger partial charge in [-0.3, -0.25) is 14.9 Å². The molecule has 0 radical (unpaired) electrons. The van der Waals surface area contributed by atoms with Gasteiger partial charge in [-0.15, -0.1) is 0 Å². The van der Waals surface area contributed by atoms with E-state index in [9.17, 15) is 19.7 Å². The number of nitrogens with zero attached hydrogens (tertiary/aromatic N) is 1. The molecule has 0 unspecified atom stereocenters. The first kappa shape index (κ1) is 20.4. The van der Waals surface area contributed by atoms with Crippen molar-refractivity contribution in [1.82, 2.24) is 5.32 Å². The number of benzene rings is 2. The summed E-state index contributed by atoms with van der Waals surface area (Å²) in [7, 11) is 2.54. The Kier molecular flexibility index (Phi) is 6.89. The second kappa shape index (κ2) is 9.13. The molecule has 2 aromatic rings. The molecule has 0 saturated carbocycles. The highest BCUT2D eigenvalue weighted by Crippen LogP contribution is 2.28. The highest BCUT2D eigenvalue weighted by atomic mass is 79.9. The number of amides is 1. The Morgan fingerprint density at radius 1 is 1.22 bits per heavy atom. The van der Waals surface area contributed by atoms with Crippen LogP contribution >= 0.6 is 15.9 Å². The summed E-state index contributed by atoms with van der Waals surface area (Å²) in [6.45, 7) is 0. The van der Waals surface area contributed by atoms with Crippen LogP contribution in [0.25, 0.3) is 0 Å². The molecule has 2 rings (SSSR count). The number of carbonyl (C=O) groups excluding carboxylic acids is 2. The van der Waals surface area contributed by atoms with Gasteiger partial charge in [-0.2, -0.15) is 0 Å². The zero-order valence-electron chi connectivity index (χ0n) is 14.6. The summed E-state index contributed by atoms with van der Waals surface area (Å²) in [5.74, 6) is -1.01. The van der Waals surface area contributed by atoms with E-state index < -0.39 is 22.8 Å². The fourth-order valence-corrected chi connectivity index (χ4v) is 2.85. The van der Waals surface area contributed by atoms with Crippen molar-refractivity contribution in [3.05, 3.63) is 68.2 Å². The summed E-state index contributed by atoms with van der Waals surface area (Å²) < 4.78 is 10.4. The molecule has 2 aromatic carbocycles. The van der Waals surface area contributed by atoms with Crippen molar-refractivity contribution < 1.29 is 24.0 Å². The molecule has 0 fully saturated rings. The van der Waals surface area contributed by atoms with Gasteiger partial charge in [0.25, 0.3) is 5.91 Å².